The van der Waals surface area contributed by atoms with Crippen molar-refractivity contribution in [3.63, 3.8) is 0 Å². The van der Waals surface area contributed by atoms with Crippen LogP contribution >= 0.6 is 23.4 Å². The molecule has 3 unspecified atom stereocenters. The molecule has 0 aliphatic carbocycles. The molecule has 3 heterocycles. The molecule has 9 heteroatoms. The van der Waals surface area contributed by atoms with Gasteiger partial charge in [0.1, 0.15) is 6.04 Å². The Hall–Kier alpha value is -3.07. The fraction of sp³-hybridized carbons (Fsp3) is 0.472. The third kappa shape index (κ3) is 5.63. The van der Waals surface area contributed by atoms with E-state index < -0.39 is 28.7 Å². The number of carbonyl (C=O) groups excluding carboxylic acids is 3. The number of carbonyl (C=O) groups is 3. The first kappa shape index (κ1) is 33.3. The Kier molecular flexibility index (Phi) is 10.2. The Bertz CT molecular complexity index is 1440. The summed E-state index contributed by atoms with van der Waals surface area (Å²) in [6, 6.07) is 15.5. The van der Waals surface area contributed by atoms with Gasteiger partial charge >= 0.3 is 0 Å². The van der Waals surface area contributed by atoms with Gasteiger partial charge in [-0.3, -0.25) is 14.4 Å². The van der Waals surface area contributed by atoms with E-state index in [1.807, 2.05) is 56.3 Å². The summed E-state index contributed by atoms with van der Waals surface area (Å²) in [6.45, 7) is 14.6. The monoisotopic (exact) mass is 649 g/mol. The van der Waals surface area contributed by atoms with Crippen LogP contribution in [-0.4, -0.2) is 74.4 Å². The zero-order chi connectivity index (χ0) is 32.5. The second-order valence-electron chi connectivity index (χ2n) is 12.6. The lowest BCUT2D eigenvalue weighted by Gasteiger charge is -2.43. The first-order chi connectivity index (χ1) is 21.7. The number of anilines is 1. The molecule has 1 spiro atoms. The van der Waals surface area contributed by atoms with E-state index in [4.69, 9.17) is 11.6 Å². The average molecular weight is 650 g/mol. The molecule has 240 valence electrons. The number of thioether (sulfide) groups is 1. The number of rotatable bonds is 13. The number of aliphatic hydroxyl groups is 1. The van der Waals surface area contributed by atoms with Crippen molar-refractivity contribution in [2.75, 3.05) is 24.6 Å². The molecule has 7 nitrogen and oxygen atoms in total. The predicted octanol–water partition coefficient (Wildman–Crippen LogP) is 5.82. The van der Waals surface area contributed by atoms with Crippen LogP contribution < -0.4 is 4.90 Å². The van der Waals surface area contributed by atoms with Gasteiger partial charge in [-0.25, -0.2) is 0 Å². The van der Waals surface area contributed by atoms with Crippen LogP contribution in [0, 0.1) is 23.7 Å². The van der Waals surface area contributed by atoms with E-state index in [0.717, 1.165) is 12.0 Å². The molecule has 3 amide bonds. The van der Waals surface area contributed by atoms with E-state index in [2.05, 4.69) is 20.1 Å². The second-order valence-corrected chi connectivity index (χ2v) is 14.6. The van der Waals surface area contributed by atoms with Gasteiger partial charge in [0.15, 0.2) is 0 Å². The molecule has 1 N–H and O–H groups in total. The maximum Gasteiger partial charge on any atom is 0.251 e. The third-order valence-corrected chi connectivity index (χ3v) is 12.5. The standard InChI is InChI=1S/C36H44ClN3O4S/c1-6-18-38(21-25-14-10-9-11-15-25)33(42)30-29-20-24(5)36(45-29)31(30)34(43)40(28(22-41)23(4)8-3)32(36)35(44)39(19-7-2)27-17-13-12-16-26(27)37/h6-7,9-17,23-24,28-32,41H,1-2,8,18-22H2,3-5H3/t23-,24?,28-,29+,30-,31-,32?,36?/m0/s1. The molecule has 8 atom stereocenters. The van der Waals surface area contributed by atoms with Crippen molar-refractivity contribution in [2.45, 2.75) is 62.2 Å². The van der Waals surface area contributed by atoms with Crippen molar-refractivity contribution < 1.29 is 19.5 Å². The normalized spacial score (nSPS) is 28.0. The Morgan fingerprint density at radius 2 is 1.78 bits per heavy atom. The summed E-state index contributed by atoms with van der Waals surface area (Å²) in [5.41, 5.74) is 1.54. The summed E-state index contributed by atoms with van der Waals surface area (Å²) >= 11 is 8.27. The minimum Gasteiger partial charge on any atom is -0.394 e. The number of fused-ring (bicyclic) bond motifs is 1. The minimum atomic E-state index is -0.887. The molecule has 2 aromatic carbocycles. The van der Waals surface area contributed by atoms with Crippen molar-refractivity contribution in [3.05, 3.63) is 90.5 Å². The molecule has 2 bridgehead atoms. The lowest BCUT2D eigenvalue weighted by Crippen LogP contribution is -2.60. The van der Waals surface area contributed by atoms with Crippen molar-refractivity contribution in [1.82, 2.24) is 9.80 Å². The maximum atomic E-state index is 15.0. The number of aliphatic hydroxyl groups excluding tert-OH is 1. The number of benzene rings is 2. The van der Waals surface area contributed by atoms with Crippen molar-refractivity contribution in [3.8, 4) is 0 Å². The van der Waals surface area contributed by atoms with Gasteiger partial charge in [-0.05, 0) is 36.0 Å². The molecule has 3 aliphatic rings. The summed E-state index contributed by atoms with van der Waals surface area (Å²) in [4.78, 5) is 49.5. The molecule has 5 rings (SSSR count). The van der Waals surface area contributed by atoms with Crippen LogP contribution in [-0.2, 0) is 20.9 Å². The maximum absolute atomic E-state index is 15.0. The molecule has 0 radical (unpaired) electrons. The smallest absolute Gasteiger partial charge is 0.251 e. The van der Waals surface area contributed by atoms with Crippen LogP contribution in [0.2, 0.25) is 5.02 Å². The van der Waals surface area contributed by atoms with E-state index in [0.29, 0.717) is 30.2 Å². The van der Waals surface area contributed by atoms with Crippen LogP contribution in [0.4, 0.5) is 5.69 Å². The highest BCUT2D eigenvalue weighted by Crippen LogP contribution is 2.69. The lowest BCUT2D eigenvalue weighted by atomic mass is 9.65. The molecule has 3 saturated heterocycles. The van der Waals surface area contributed by atoms with Crippen molar-refractivity contribution in [2.24, 2.45) is 23.7 Å². The molecular formula is C36H44ClN3O4S. The quantitative estimate of drug-likeness (QED) is 0.277. The predicted molar refractivity (Wildman–Crippen MR) is 182 cm³/mol. The van der Waals surface area contributed by atoms with Crippen molar-refractivity contribution >= 4 is 46.8 Å². The molecule has 3 aliphatic heterocycles. The fourth-order valence-corrected chi connectivity index (χ4v) is 10.5. The number of para-hydroxylation sites is 1. The number of nitrogens with zero attached hydrogens (tertiary/aromatic N) is 3. The van der Waals surface area contributed by atoms with Crippen LogP contribution in [0.1, 0.15) is 39.2 Å². The highest BCUT2D eigenvalue weighted by Gasteiger charge is 2.77. The number of amides is 3. The number of hydrogen-bond donors (Lipinski definition) is 1. The Balaban J connectivity index is 1.62. The van der Waals surface area contributed by atoms with E-state index >= 15 is 4.79 Å². The van der Waals surface area contributed by atoms with Gasteiger partial charge in [0.25, 0.3) is 5.91 Å². The summed E-state index contributed by atoms with van der Waals surface area (Å²) in [5, 5.41) is 11.1. The molecule has 0 saturated carbocycles. The van der Waals surface area contributed by atoms with Gasteiger partial charge in [0.2, 0.25) is 11.8 Å². The average Bonchev–Trinajstić information content (AvgIpc) is 3.64. The summed E-state index contributed by atoms with van der Waals surface area (Å²) < 4.78 is -0.840. The first-order valence-electron chi connectivity index (χ1n) is 15.9. The molecule has 0 aromatic heterocycles. The highest BCUT2D eigenvalue weighted by atomic mass is 35.5. The zero-order valence-electron chi connectivity index (χ0n) is 26.3. The third-order valence-electron chi connectivity index (χ3n) is 10.1. The SMILES string of the molecule is C=CCN(Cc1ccccc1)C(=O)[C@@H]1[C@H]2C(=O)N([C@@H](CO)[C@@H](C)CC)C(C(=O)N(CC=C)c3ccccc3Cl)C23S[C@@H]1CC3C. The number of halogens is 1. The van der Waals surface area contributed by atoms with E-state index in [9.17, 15) is 14.7 Å². The van der Waals surface area contributed by atoms with Crippen molar-refractivity contribution in [1.29, 1.82) is 0 Å². The Morgan fingerprint density at radius 1 is 1.11 bits per heavy atom. The summed E-state index contributed by atoms with van der Waals surface area (Å²) in [5.74, 6) is -1.94. The van der Waals surface area contributed by atoms with Gasteiger partial charge in [-0.2, -0.15) is 0 Å². The summed E-state index contributed by atoms with van der Waals surface area (Å²) in [6.07, 6.45) is 4.81. The largest absolute Gasteiger partial charge is 0.394 e. The molecule has 2 aromatic rings. The Morgan fingerprint density at radius 3 is 2.40 bits per heavy atom. The van der Waals surface area contributed by atoms with Crippen LogP contribution in [0.15, 0.2) is 79.9 Å². The van der Waals surface area contributed by atoms with E-state index in [1.54, 1.807) is 50.7 Å². The summed E-state index contributed by atoms with van der Waals surface area (Å²) in [7, 11) is 0. The van der Waals surface area contributed by atoms with Gasteiger partial charge < -0.3 is 19.8 Å². The number of likely N-dealkylation sites (tertiary alicyclic amines) is 1. The molecule has 3 fully saturated rings. The molecule has 45 heavy (non-hydrogen) atoms. The Labute approximate surface area is 276 Å². The zero-order valence-corrected chi connectivity index (χ0v) is 27.9. The van der Waals surface area contributed by atoms with Gasteiger partial charge in [0, 0.05) is 24.9 Å². The highest BCUT2D eigenvalue weighted by molar-refractivity contribution is 8.02. The molecular weight excluding hydrogens is 606 g/mol. The topological polar surface area (TPSA) is 81.2 Å². The van der Waals surface area contributed by atoms with Gasteiger partial charge in [0.05, 0.1) is 39.9 Å². The van der Waals surface area contributed by atoms with Crippen LogP contribution in [0.3, 0.4) is 0 Å². The fourth-order valence-electron chi connectivity index (χ4n) is 7.85. The number of hydrogen-bond acceptors (Lipinski definition) is 5. The van der Waals surface area contributed by atoms with Crippen LogP contribution in [0.5, 0.6) is 0 Å². The second kappa shape index (κ2) is 13.7. The van der Waals surface area contributed by atoms with E-state index in [-0.39, 0.29) is 48.0 Å². The first-order valence-corrected chi connectivity index (χ1v) is 17.1. The van der Waals surface area contributed by atoms with Crippen LogP contribution in [0.25, 0.3) is 0 Å². The minimum absolute atomic E-state index is 0.0143. The van der Waals surface area contributed by atoms with E-state index in [1.165, 1.54) is 0 Å². The van der Waals surface area contributed by atoms with Gasteiger partial charge in [-0.15, -0.1) is 24.9 Å². The van der Waals surface area contributed by atoms with Gasteiger partial charge in [-0.1, -0.05) is 93.4 Å². The lowest BCUT2D eigenvalue weighted by molar-refractivity contribution is -0.146.